The lowest BCUT2D eigenvalue weighted by molar-refractivity contribution is -0.118. The first kappa shape index (κ1) is 27.3. The molecule has 0 aliphatic heterocycles. The molecule has 0 fully saturated rings. The molecule has 0 saturated carbocycles. The van der Waals surface area contributed by atoms with Gasteiger partial charge < -0.3 is 24.8 Å². The molecule has 0 bridgehead atoms. The largest absolute Gasteiger partial charge is 0.495 e. The first-order chi connectivity index (χ1) is 17.7. The molecule has 0 saturated heterocycles. The summed E-state index contributed by atoms with van der Waals surface area (Å²) >= 11 is 3.43. The van der Waals surface area contributed by atoms with Crippen LogP contribution in [0.25, 0.3) is 6.08 Å². The summed E-state index contributed by atoms with van der Waals surface area (Å²) in [5.74, 6) is 0.224. The number of benzene rings is 3. The Hall–Kier alpha value is -4.29. The second kappa shape index (κ2) is 12.6. The highest BCUT2D eigenvalue weighted by atomic mass is 79.9. The minimum absolute atomic E-state index is 0.0845. The lowest BCUT2D eigenvalue weighted by Crippen LogP contribution is -2.20. The molecule has 0 spiro atoms. The molecule has 8 nitrogen and oxygen atoms in total. The molecule has 9 heteroatoms. The van der Waals surface area contributed by atoms with Crippen molar-refractivity contribution in [3.05, 3.63) is 81.3 Å². The second-order valence-electron chi connectivity index (χ2n) is 8.01. The number of nitrogens with one attached hydrogen (secondary N) is 2. The number of hydrogen-bond acceptors (Lipinski definition) is 6. The van der Waals surface area contributed by atoms with Crippen LogP contribution in [-0.2, 0) is 9.59 Å². The van der Waals surface area contributed by atoms with E-state index < -0.39 is 11.8 Å². The highest BCUT2D eigenvalue weighted by Crippen LogP contribution is 2.37. The zero-order valence-corrected chi connectivity index (χ0v) is 22.4. The van der Waals surface area contributed by atoms with Gasteiger partial charge in [0.25, 0.3) is 11.8 Å². The van der Waals surface area contributed by atoms with E-state index in [4.69, 9.17) is 14.2 Å². The number of nitrogens with zero attached hydrogens (tertiary/aromatic N) is 1. The van der Waals surface area contributed by atoms with Crippen LogP contribution in [0.5, 0.6) is 17.2 Å². The molecule has 0 aromatic heterocycles. The number of anilines is 2. The summed E-state index contributed by atoms with van der Waals surface area (Å²) in [7, 11) is 2.97. The number of para-hydroxylation sites is 2. The summed E-state index contributed by atoms with van der Waals surface area (Å²) < 4.78 is 16.9. The van der Waals surface area contributed by atoms with Gasteiger partial charge in [-0.2, -0.15) is 5.26 Å². The van der Waals surface area contributed by atoms with Gasteiger partial charge in [0.1, 0.15) is 17.4 Å². The number of carbonyl (C=O) groups is 2. The van der Waals surface area contributed by atoms with Gasteiger partial charge in [0, 0.05) is 5.69 Å². The average molecular weight is 564 g/mol. The molecule has 3 aromatic carbocycles. The van der Waals surface area contributed by atoms with E-state index in [-0.39, 0.29) is 12.2 Å². The molecule has 0 aliphatic rings. The number of nitriles is 1. The molecular formula is C28H26BrN3O5. The number of rotatable bonds is 9. The van der Waals surface area contributed by atoms with Gasteiger partial charge in [0.2, 0.25) is 0 Å². The Morgan fingerprint density at radius 3 is 2.38 bits per heavy atom. The Bertz CT molecular complexity index is 1400. The minimum atomic E-state index is -0.530. The van der Waals surface area contributed by atoms with Crippen LogP contribution in [0.3, 0.4) is 0 Å². The zero-order chi connectivity index (χ0) is 26.9. The van der Waals surface area contributed by atoms with Crippen molar-refractivity contribution in [2.45, 2.75) is 13.8 Å². The Morgan fingerprint density at radius 1 is 0.973 bits per heavy atom. The Kier molecular flexibility index (Phi) is 9.30. The van der Waals surface area contributed by atoms with Crippen LogP contribution in [0, 0.1) is 25.2 Å². The lowest BCUT2D eigenvalue weighted by Gasteiger charge is -2.14. The van der Waals surface area contributed by atoms with Crippen molar-refractivity contribution < 1.29 is 23.8 Å². The molecule has 0 unspecified atom stereocenters. The third kappa shape index (κ3) is 7.12. The van der Waals surface area contributed by atoms with Gasteiger partial charge in [-0.1, -0.05) is 29.8 Å². The number of hydrogen-bond donors (Lipinski definition) is 2. The second-order valence-corrected chi connectivity index (χ2v) is 8.87. The molecule has 2 amide bonds. The fourth-order valence-corrected chi connectivity index (χ4v) is 4.07. The normalized spacial score (nSPS) is 10.8. The summed E-state index contributed by atoms with van der Waals surface area (Å²) in [6, 6.07) is 17.9. The fraction of sp³-hybridized carbons (Fsp3) is 0.179. The van der Waals surface area contributed by atoms with Crippen molar-refractivity contribution in [3.8, 4) is 23.3 Å². The van der Waals surface area contributed by atoms with E-state index in [0.29, 0.717) is 38.7 Å². The minimum Gasteiger partial charge on any atom is -0.495 e. The summed E-state index contributed by atoms with van der Waals surface area (Å²) in [4.78, 5) is 25.2. The lowest BCUT2D eigenvalue weighted by atomic mass is 10.1. The first-order valence-corrected chi connectivity index (χ1v) is 12.0. The van der Waals surface area contributed by atoms with Crippen molar-refractivity contribution in [1.82, 2.24) is 0 Å². The van der Waals surface area contributed by atoms with Gasteiger partial charge in [-0.05, 0) is 77.3 Å². The van der Waals surface area contributed by atoms with Gasteiger partial charge >= 0.3 is 0 Å². The smallest absolute Gasteiger partial charge is 0.266 e. The first-order valence-electron chi connectivity index (χ1n) is 11.2. The number of ether oxygens (including phenoxy) is 3. The summed E-state index contributed by atoms with van der Waals surface area (Å²) in [5.41, 5.74) is 3.56. The molecule has 37 heavy (non-hydrogen) atoms. The van der Waals surface area contributed by atoms with Crippen LogP contribution in [-0.4, -0.2) is 32.6 Å². The quantitative estimate of drug-likeness (QED) is 0.257. The van der Waals surface area contributed by atoms with E-state index in [2.05, 4.69) is 26.6 Å². The van der Waals surface area contributed by atoms with E-state index in [0.717, 1.165) is 11.1 Å². The Labute approximate surface area is 224 Å². The number of halogens is 1. The maximum Gasteiger partial charge on any atom is 0.266 e. The van der Waals surface area contributed by atoms with Gasteiger partial charge in [-0.3, -0.25) is 9.59 Å². The Balaban J connectivity index is 1.75. The van der Waals surface area contributed by atoms with Gasteiger partial charge in [0.05, 0.1) is 24.4 Å². The van der Waals surface area contributed by atoms with Crippen LogP contribution in [0.4, 0.5) is 11.4 Å². The van der Waals surface area contributed by atoms with E-state index in [1.165, 1.54) is 20.3 Å². The zero-order valence-electron chi connectivity index (χ0n) is 20.8. The SMILES string of the molecule is COc1ccccc1NC(=O)COc1c(Br)cc(/C=C(\C#N)C(=O)Nc2ccc(C)cc2C)cc1OC. The maximum atomic E-state index is 12.7. The highest BCUT2D eigenvalue weighted by molar-refractivity contribution is 9.10. The highest BCUT2D eigenvalue weighted by Gasteiger charge is 2.16. The molecule has 0 atom stereocenters. The van der Waals surface area contributed by atoms with E-state index >= 15 is 0 Å². The molecule has 2 N–H and O–H groups in total. The van der Waals surface area contributed by atoms with Gasteiger partial charge in [-0.25, -0.2) is 0 Å². The number of carbonyl (C=O) groups excluding carboxylic acids is 2. The molecule has 190 valence electrons. The molecule has 0 heterocycles. The summed E-state index contributed by atoms with van der Waals surface area (Å²) in [6.45, 7) is 3.56. The van der Waals surface area contributed by atoms with Crippen LogP contribution < -0.4 is 24.8 Å². The number of methoxy groups -OCH3 is 2. The van der Waals surface area contributed by atoms with Crippen molar-refractivity contribution in [1.29, 1.82) is 5.26 Å². The van der Waals surface area contributed by atoms with Crippen molar-refractivity contribution in [2.75, 3.05) is 31.5 Å². The predicted octanol–water partition coefficient (Wildman–Crippen LogP) is 5.65. The maximum absolute atomic E-state index is 12.7. The van der Waals surface area contributed by atoms with Crippen LogP contribution in [0.2, 0.25) is 0 Å². The predicted molar refractivity (Wildman–Crippen MR) is 146 cm³/mol. The topological polar surface area (TPSA) is 110 Å². The van der Waals surface area contributed by atoms with E-state index in [1.54, 1.807) is 42.5 Å². The van der Waals surface area contributed by atoms with Gasteiger partial charge in [0.15, 0.2) is 18.1 Å². The van der Waals surface area contributed by atoms with Crippen molar-refractivity contribution in [3.63, 3.8) is 0 Å². The molecule has 0 aliphatic carbocycles. The van der Waals surface area contributed by atoms with Crippen LogP contribution >= 0.6 is 15.9 Å². The Morgan fingerprint density at radius 2 is 1.70 bits per heavy atom. The summed E-state index contributed by atoms with van der Waals surface area (Å²) in [5, 5.41) is 15.1. The van der Waals surface area contributed by atoms with Gasteiger partial charge in [-0.15, -0.1) is 0 Å². The monoisotopic (exact) mass is 563 g/mol. The molecular weight excluding hydrogens is 538 g/mol. The van der Waals surface area contributed by atoms with E-state index in [9.17, 15) is 14.9 Å². The fourth-order valence-electron chi connectivity index (χ4n) is 3.49. The summed E-state index contributed by atoms with van der Waals surface area (Å²) in [6.07, 6.45) is 1.45. The number of aryl methyl sites for hydroxylation is 2. The molecule has 3 aromatic rings. The molecule has 0 radical (unpaired) electrons. The van der Waals surface area contributed by atoms with Crippen molar-refractivity contribution in [2.24, 2.45) is 0 Å². The van der Waals surface area contributed by atoms with Crippen LogP contribution in [0.15, 0.2) is 64.6 Å². The standard InChI is InChI=1S/C28H26BrN3O5/c1-17-9-10-22(18(2)11-17)32-28(34)20(15-30)12-19-13-21(29)27(25(14-19)36-4)37-16-26(33)31-23-7-5-6-8-24(23)35-3/h5-14H,16H2,1-4H3,(H,31,33)(H,32,34)/b20-12+. The molecule has 3 rings (SSSR count). The number of amides is 2. The van der Waals surface area contributed by atoms with Crippen molar-refractivity contribution >= 4 is 45.2 Å². The van der Waals surface area contributed by atoms with E-state index in [1.807, 2.05) is 32.0 Å². The third-order valence-corrected chi connectivity index (χ3v) is 5.88. The average Bonchev–Trinajstić information content (AvgIpc) is 2.88. The third-order valence-electron chi connectivity index (χ3n) is 5.29. The van der Waals surface area contributed by atoms with Crippen LogP contribution in [0.1, 0.15) is 16.7 Å².